The van der Waals surface area contributed by atoms with E-state index >= 15 is 0 Å². The first-order valence-electron chi connectivity index (χ1n) is 5.40. The molecule has 19 heavy (non-hydrogen) atoms. The second kappa shape index (κ2) is 5.77. The maximum absolute atomic E-state index is 13.7. The van der Waals surface area contributed by atoms with Gasteiger partial charge in [0.15, 0.2) is 0 Å². The van der Waals surface area contributed by atoms with Crippen molar-refractivity contribution in [2.45, 2.75) is 0 Å². The first kappa shape index (κ1) is 14.1. The molecule has 0 spiro atoms. The Bertz CT molecular complexity index is 643. The third kappa shape index (κ3) is 2.83. The summed E-state index contributed by atoms with van der Waals surface area (Å²) < 4.78 is 19.1. The van der Waals surface area contributed by atoms with Crippen LogP contribution in [0.5, 0.6) is 5.75 Å². The van der Waals surface area contributed by atoms with E-state index in [9.17, 15) is 9.18 Å². The van der Waals surface area contributed by atoms with E-state index in [2.05, 4.69) is 16.9 Å². The van der Waals surface area contributed by atoms with Crippen LogP contribution in [0.15, 0.2) is 36.4 Å². The SMILES string of the molecule is COc1cc([As])c(C(=O)c2ccccc2Cl)cc1F. The van der Waals surface area contributed by atoms with E-state index < -0.39 is 5.82 Å². The van der Waals surface area contributed by atoms with Crippen LogP contribution in [0.2, 0.25) is 5.02 Å². The van der Waals surface area contributed by atoms with E-state index in [1.54, 1.807) is 24.3 Å². The van der Waals surface area contributed by atoms with Gasteiger partial charge in [0.2, 0.25) is 0 Å². The second-order valence-corrected chi connectivity index (χ2v) is 5.23. The number of benzene rings is 2. The average molecular weight is 339 g/mol. The normalized spacial score (nSPS) is 10.3. The maximum atomic E-state index is 13.7. The molecular weight excluding hydrogens is 330 g/mol. The van der Waals surface area contributed by atoms with Gasteiger partial charge in [-0.2, -0.15) is 0 Å². The van der Waals surface area contributed by atoms with Gasteiger partial charge >= 0.3 is 124 Å². The van der Waals surface area contributed by atoms with Gasteiger partial charge in [-0.3, -0.25) is 0 Å². The Hall–Kier alpha value is -1.31. The molecule has 0 bridgehead atoms. The number of halogens is 2. The van der Waals surface area contributed by atoms with Crippen molar-refractivity contribution in [2.24, 2.45) is 0 Å². The first-order valence-corrected chi connectivity index (χ1v) is 6.72. The fraction of sp³-hybridized carbons (Fsp3) is 0.0714. The summed E-state index contributed by atoms with van der Waals surface area (Å²) in [6.45, 7) is 0. The van der Waals surface area contributed by atoms with Crippen LogP contribution in [-0.2, 0) is 0 Å². The standard InChI is InChI=1S/C14H9AsClFO2/c1-19-13-7-10(15)9(6-12(13)17)14(18)8-4-2-3-5-11(8)16/h2-7H,1H3. The molecule has 2 rings (SSSR count). The van der Waals surface area contributed by atoms with E-state index in [1.807, 2.05) is 0 Å². The Morgan fingerprint density at radius 3 is 2.58 bits per heavy atom. The molecule has 0 unspecified atom stereocenters. The van der Waals surface area contributed by atoms with Crippen LogP contribution >= 0.6 is 11.6 Å². The molecule has 2 radical (unpaired) electrons. The summed E-state index contributed by atoms with van der Waals surface area (Å²) >= 11 is 8.21. The Morgan fingerprint density at radius 1 is 1.26 bits per heavy atom. The fourth-order valence-corrected chi connectivity index (χ4v) is 2.49. The molecule has 5 heteroatoms. The Labute approximate surface area is 124 Å². The number of hydrogen-bond donors (Lipinski definition) is 0. The number of hydrogen-bond acceptors (Lipinski definition) is 2. The van der Waals surface area contributed by atoms with Gasteiger partial charge in [0.25, 0.3) is 0 Å². The van der Waals surface area contributed by atoms with Crippen LogP contribution in [0.3, 0.4) is 0 Å². The van der Waals surface area contributed by atoms with Crippen molar-refractivity contribution in [1.82, 2.24) is 0 Å². The number of ether oxygens (including phenoxy) is 1. The van der Waals surface area contributed by atoms with Gasteiger partial charge in [0, 0.05) is 0 Å². The third-order valence-electron chi connectivity index (χ3n) is 2.63. The molecule has 0 fully saturated rings. The molecule has 0 amide bonds. The summed E-state index contributed by atoms with van der Waals surface area (Å²) in [5.74, 6) is -0.790. The molecule has 0 aliphatic rings. The van der Waals surface area contributed by atoms with Gasteiger partial charge < -0.3 is 0 Å². The number of methoxy groups -OCH3 is 1. The Balaban J connectivity index is 2.51. The molecule has 0 heterocycles. The summed E-state index contributed by atoms with van der Waals surface area (Å²) in [6.07, 6.45) is 0. The minimum absolute atomic E-state index is 0.103. The second-order valence-electron chi connectivity index (χ2n) is 3.81. The molecule has 0 aromatic heterocycles. The summed E-state index contributed by atoms with van der Waals surface area (Å²) in [6, 6.07) is 9.31. The first-order chi connectivity index (χ1) is 9.04. The third-order valence-corrected chi connectivity index (χ3v) is 3.74. The molecule has 2 nitrogen and oxygen atoms in total. The fourth-order valence-electron chi connectivity index (χ4n) is 1.67. The van der Waals surface area contributed by atoms with Crippen molar-refractivity contribution in [2.75, 3.05) is 7.11 Å². The number of ketones is 1. The van der Waals surface area contributed by atoms with Gasteiger partial charge in [0.1, 0.15) is 0 Å². The molecule has 0 atom stereocenters. The number of rotatable bonds is 3. The van der Waals surface area contributed by atoms with Crippen molar-refractivity contribution in [3.63, 3.8) is 0 Å². The van der Waals surface area contributed by atoms with E-state index in [0.29, 0.717) is 14.9 Å². The van der Waals surface area contributed by atoms with Gasteiger partial charge in [-0.15, -0.1) is 0 Å². The van der Waals surface area contributed by atoms with E-state index in [0.717, 1.165) is 6.07 Å². The molecule has 0 saturated heterocycles. The molecule has 96 valence electrons. The van der Waals surface area contributed by atoms with E-state index in [1.165, 1.54) is 13.2 Å². The van der Waals surface area contributed by atoms with E-state index in [4.69, 9.17) is 16.3 Å². The van der Waals surface area contributed by atoms with Crippen molar-refractivity contribution in [3.8, 4) is 5.75 Å². The van der Waals surface area contributed by atoms with Crippen molar-refractivity contribution < 1.29 is 13.9 Å². The predicted molar refractivity (Wildman–Crippen MR) is 73.2 cm³/mol. The molecule has 0 aliphatic heterocycles. The topological polar surface area (TPSA) is 26.3 Å². The van der Waals surface area contributed by atoms with Gasteiger partial charge in [-0.25, -0.2) is 0 Å². The van der Waals surface area contributed by atoms with Gasteiger partial charge in [-0.05, 0) is 0 Å². The number of carbonyl (C=O) groups excluding carboxylic acids is 1. The van der Waals surface area contributed by atoms with E-state index in [-0.39, 0.29) is 17.1 Å². The minimum atomic E-state index is -0.576. The predicted octanol–water partition coefficient (Wildman–Crippen LogP) is 2.51. The molecular formula is C14H9AsClFO2. The van der Waals surface area contributed by atoms with Crippen LogP contribution in [0.1, 0.15) is 15.9 Å². The summed E-state index contributed by atoms with van der Waals surface area (Å²) in [5.41, 5.74) is 0.604. The average Bonchev–Trinajstić information content (AvgIpc) is 2.40. The van der Waals surface area contributed by atoms with Crippen molar-refractivity contribution in [3.05, 3.63) is 58.4 Å². The molecule has 2 aromatic rings. The van der Waals surface area contributed by atoms with Crippen LogP contribution < -0.4 is 9.09 Å². The van der Waals surface area contributed by atoms with Crippen molar-refractivity contribution in [1.29, 1.82) is 0 Å². The number of carbonyl (C=O) groups is 1. The molecule has 0 aliphatic carbocycles. The Kier molecular flexibility index (Phi) is 4.28. The zero-order valence-corrected chi connectivity index (χ0v) is 12.6. The molecule has 2 aromatic carbocycles. The van der Waals surface area contributed by atoms with Crippen LogP contribution in [0.25, 0.3) is 0 Å². The van der Waals surface area contributed by atoms with Gasteiger partial charge in [-0.1, -0.05) is 0 Å². The summed E-state index contributed by atoms with van der Waals surface area (Å²) in [7, 11) is 1.38. The summed E-state index contributed by atoms with van der Waals surface area (Å²) in [5, 5.41) is 0.343. The quantitative estimate of drug-likeness (QED) is 0.635. The molecule has 0 N–H and O–H groups in total. The molecule has 0 saturated carbocycles. The summed E-state index contributed by atoms with van der Waals surface area (Å²) in [4.78, 5) is 12.3. The zero-order valence-electron chi connectivity index (χ0n) is 9.98. The van der Waals surface area contributed by atoms with Crippen LogP contribution in [-0.4, -0.2) is 29.7 Å². The van der Waals surface area contributed by atoms with Gasteiger partial charge in [0.05, 0.1) is 0 Å². The zero-order chi connectivity index (χ0) is 14.0. The van der Waals surface area contributed by atoms with Crippen LogP contribution in [0.4, 0.5) is 4.39 Å². The Morgan fingerprint density at radius 2 is 1.95 bits per heavy atom. The monoisotopic (exact) mass is 338 g/mol. The van der Waals surface area contributed by atoms with Crippen LogP contribution in [0, 0.1) is 5.82 Å². The van der Waals surface area contributed by atoms with Crippen molar-refractivity contribution >= 4 is 38.6 Å².